The van der Waals surface area contributed by atoms with Crippen molar-refractivity contribution in [3.8, 4) is 10.6 Å². The first kappa shape index (κ1) is 14.8. The molecule has 1 N–H and O–H groups in total. The van der Waals surface area contributed by atoms with E-state index >= 15 is 0 Å². The SMILES string of the molecule is Cc1nc(-c2ccc3c(ccn3CC(C)C)c2)sc1C(=O)O. The number of benzene rings is 1. The molecule has 0 unspecified atom stereocenters. The Labute approximate surface area is 133 Å². The van der Waals surface area contributed by atoms with Gasteiger partial charge in [-0.25, -0.2) is 9.78 Å². The molecule has 4 nitrogen and oxygen atoms in total. The van der Waals surface area contributed by atoms with Gasteiger partial charge in [-0.1, -0.05) is 13.8 Å². The number of thiazole rings is 1. The highest BCUT2D eigenvalue weighted by Crippen LogP contribution is 2.30. The quantitative estimate of drug-likeness (QED) is 0.775. The molecular weight excluding hydrogens is 296 g/mol. The van der Waals surface area contributed by atoms with Crippen molar-refractivity contribution in [2.75, 3.05) is 0 Å². The summed E-state index contributed by atoms with van der Waals surface area (Å²) in [5.74, 6) is -0.319. The third kappa shape index (κ3) is 2.64. The van der Waals surface area contributed by atoms with Crippen LogP contribution in [-0.2, 0) is 6.54 Å². The minimum atomic E-state index is -0.912. The molecule has 0 saturated carbocycles. The average molecular weight is 314 g/mol. The Hall–Kier alpha value is -2.14. The molecule has 3 aromatic rings. The lowest BCUT2D eigenvalue weighted by molar-refractivity contribution is 0.0701. The van der Waals surface area contributed by atoms with Crippen molar-refractivity contribution in [1.82, 2.24) is 9.55 Å². The van der Waals surface area contributed by atoms with Crippen LogP contribution in [0.15, 0.2) is 30.5 Å². The summed E-state index contributed by atoms with van der Waals surface area (Å²) >= 11 is 1.23. The summed E-state index contributed by atoms with van der Waals surface area (Å²) in [6.45, 7) is 7.13. The lowest BCUT2D eigenvalue weighted by Gasteiger charge is -2.08. The molecule has 5 heteroatoms. The van der Waals surface area contributed by atoms with Gasteiger partial charge in [0.05, 0.1) is 5.69 Å². The summed E-state index contributed by atoms with van der Waals surface area (Å²) in [6, 6.07) is 8.28. The number of hydrogen-bond donors (Lipinski definition) is 1. The lowest BCUT2D eigenvalue weighted by Crippen LogP contribution is -2.02. The van der Waals surface area contributed by atoms with Crippen LogP contribution in [0.4, 0.5) is 0 Å². The second-order valence-electron chi connectivity index (χ2n) is 5.87. The summed E-state index contributed by atoms with van der Waals surface area (Å²) in [6.07, 6.45) is 2.10. The third-order valence-electron chi connectivity index (χ3n) is 3.57. The number of carbonyl (C=O) groups is 1. The standard InChI is InChI=1S/C17H18N2O2S/c1-10(2)9-19-7-6-12-8-13(4-5-14(12)19)16-18-11(3)15(22-16)17(20)21/h4-8,10H,9H2,1-3H3,(H,20,21). The summed E-state index contributed by atoms with van der Waals surface area (Å²) in [7, 11) is 0. The van der Waals surface area contributed by atoms with Gasteiger partial charge in [0.25, 0.3) is 0 Å². The van der Waals surface area contributed by atoms with Crippen LogP contribution in [0.1, 0.15) is 29.2 Å². The first-order valence-corrected chi connectivity index (χ1v) is 8.07. The Morgan fingerprint density at radius 2 is 2.14 bits per heavy atom. The van der Waals surface area contributed by atoms with Crippen molar-refractivity contribution in [3.05, 3.63) is 41.0 Å². The van der Waals surface area contributed by atoms with Crippen molar-refractivity contribution < 1.29 is 9.90 Å². The van der Waals surface area contributed by atoms with E-state index in [9.17, 15) is 4.79 Å². The van der Waals surface area contributed by atoms with Crippen LogP contribution < -0.4 is 0 Å². The molecule has 2 aromatic heterocycles. The van der Waals surface area contributed by atoms with E-state index in [0.717, 1.165) is 22.5 Å². The molecule has 22 heavy (non-hydrogen) atoms. The first-order chi connectivity index (χ1) is 10.5. The highest BCUT2D eigenvalue weighted by molar-refractivity contribution is 7.17. The molecule has 0 radical (unpaired) electrons. The Kier molecular flexibility index (Phi) is 3.74. The zero-order chi connectivity index (χ0) is 15.9. The van der Waals surface area contributed by atoms with Gasteiger partial charge in [-0.3, -0.25) is 0 Å². The zero-order valence-electron chi connectivity index (χ0n) is 12.8. The van der Waals surface area contributed by atoms with Gasteiger partial charge in [0.1, 0.15) is 9.88 Å². The van der Waals surface area contributed by atoms with Gasteiger partial charge >= 0.3 is 5.97 Å². The monoisotopic (exact) mass is 314 g/mol. The fraction of sp³-hybridized carbons (Fsp3) is 0.294. The van der Waals surface area contributed by atoms with Gasteiger partial charge < -0.3 is 9.67 Å². The van der Waals surface area contributed by atoms with E-state index in [4.69, 9.17) is 5.11 Å². The van der Waals surface area contributed by atoms with Crippen LogP contribution in [0.3, 0.4) is 0 Å². The van der Waals surface area contributed by atoms with Gasteiger partial charge in [-0.2, -0.15) is 0 Å². The van der Waals surface area contributed by atoms with Gasteiger partial charge in [0.2, 0.25) is 0 Å². The summed E-state index contributed by atoms with van der Waals surface area (Å²) in [5, 5.41) is 11.1. The number of rotatable bonds is 4. The predicted molar refractivity (Wildman–Crippen MR) is 89.6 cm³/mol. The summed E-state index contributed by atoms with van der Waals surface area (Å²) in [4.78, 5) is 15.9. The van der Waals surface area contributed by atoms with Crippen LogP contribution >= 0.6 is 11.3 Å². The van der Waals surface area contributed by atoms with Crippen LogP contribution in [0.25, 0.3) is 21.5 Å². The molecule has 0 atom stereocenters. The van der Waals surface area contributed by atoms with Crippen molar-refractivity contribution in [2.24, 2.45) is 5.92 Å². The van der Waals surface area contributed by atoms with Crippen molar-refractivity contribution in [2.45, 2.75) is 27.3 Å². The Balaban J connectivity index is 2.02. The highest BCUT2D eigenvalue weighted by Gasteiger charge is 2.15. The van der Waals surface area contributed by atoms with Gasteiger partial charge in [-0.05, 0) is 37.1 Å². The minimum absolute atomic E-state index is 0.312. The van der Waals surface area contributed by atoms with E-state index in [1.165, 1.54) is 16.9 Å². The Bertz CT molecular complexity index is 846. The fourth-order valence-corrected chi connectivity index (χ4v) is 3.51. The molecule has 0 aliphatic carbocycles. The van der Waals surface area contributed by atoms with Gasteiger partial charge in [0.15, 0.2) is 0 Å². The minimum Gasteiger partial charge on any atom is -0.477 e. The number of aromatic nitrogens is 2. The molecule has 0 spiro atoms. The van der Waals surface area contributed by atoms with Gasteiger partial charge in [-0.15, -0.1) is 11.3 Å². The lowest BCUT2D eigenvalue weighted by atomic mass is 10.1. The number of hydrogen-bond acceptors (Lipinski definition) is 3. The van der Waals surface area contributed by atoms with Crippen LogP contribution in [-0.4, -0.2) is 20.6 Å². The Morgan fingerprint density at radius 1 is 1.36 bits per heavy atom. The molecule has 0 aliphatic heterocycles. The average Bonchev–Trinajstić information content (AvgIpc) is 3.02. The van der Waals surface area contributed by atoms with E-state index in [1.54, 1.807) is 6.92 Å². The van der Waals surface area contributed by atoms with Crippen molar-refractivity contribution in [1.29, 1.82) is 0 Å². The number of aromatic carboxylic acids is 1. The Morgan fingerprint density at radius 3 is 2.77 bits per heavy atom. The highest BCUT2D eigenvalue weighted by atomic mass is 32.1. The molecule has 2 heterocycles. The number of carboxylic acids is 1. The second-order valence-corrected chi connectivity index (χ2v) is 6.87. The number of fused-ring (bicyclic) bond motifs is 1. The van der Waals surface area contributed by atoms with E-state index in [-0.39, 0.29) is 0 Å². The number of carboxylic acid groups (broad SMARTS) is 1. The largest absolute Gasteiger partial charge is 0.477 e. The zero-order valence-corrected chi connectivity index (χ0v) is 13.6. The normalized spacial score (nSPS) is 11.5. The predicted octanol–water partition coefficient (Wildman–Crippen LogP) is 4.43. The van der Waals surface area contributed by atoms with E-state index in [1.807, 2.05) is 6.07 Å². The van der Waals surface area contributed by atoms with Crippen molar-refractivity contribution >= 4 is 28.2 Å². The number of aryl methyl sites for hydroxylation is 1. The third-order valence-corrected chi connectivity index (χ3v) is 4.77. The maximum absolute atomic E-state index is 11.2. The molecule has 0 saturated heterocycles. The van der Waals surface area contributed by atoms with Crippen LogP contribution in [0, 0.1) is 12.8 Å². The smallest absolute Gasteiger partial charge is 0.347 e. The second kappa shape index (κ2) is 5.57. The van der Waals surface area contributed by atoms with Crippen LogP contribution in [0.5, 0.6) is 0 Å². The first-order valence-electron chi connectivity index (χ1n) is 7.25. The molecule has 0 bridgehead atoms. The topological polar surface area (TPSA) is 55.1 Å². The molecule has 114 valence electrons. The molecule has 0 fully saturated rings. The van der Waals surface area contributed by atoms with E-state index in [0.29, 0.717) is 16.5 Å². The molecular formula is C17H18N2O2S. The maximum atomic E-state index is 11.2. The summed E-state index contributed by atoms with van der Waals surface area (Å²) in [5.41, 5.74) is 2.74. The number of nitrogens with zero attached hydrogens (tertiary/aromatic N) is 2. The molecule has 0 amide bonds. The van der Waals surface area contributed by atoms with E-state index < -0.39 is 5.97 Å². The molecule has 3 rings (SSSR count). The molecule has 1 aromatic carbocycles. The maximum Gasteiger partial charge on any atom is 0.347 e. The van der Waals surface area contributed by atoms with Crippen LogP contribution in [0.2, 0.25) is 0 Å². The van der Waals surface area contributed by atoms with Gasteiger partial charge in [0, 0.05) is 29.2 Å². The van der Waals surface area contributed by atoms with Crippen molar-refractivity contribution in [3.63, 3.8) is 0 Å². The van der Waals surface area contributed by atoms with E-state index in [2.05, 4.69) is 47.8 Å². The summed E-state index contributed by atoms with van der Waals surface area (Å²) < 4.78 is 2.25. The fourth-order valence-electron chi connectivity index (χ4n) is 2.60. The molecule has 0 aliphatic rings.